The third kappa shape index (κ3) is 5.28. The Hall–Kier alpha value is -2.57. The number of guanidine groups is 1. The highest BCUT2D eigenvalue weighted by molar-refractivity contribution is 5.79. The molecule has 0 saturated carbocycles. The molecule has 1 aromatic heterocycles. The van der Waals surface area contributed by atoms with E-state index in [1.54, 1.807) is 14.0 Å². The molecule has 0 fully saturated rings. The van der Waals surface area contributed by atoms with Gasteiger partial charge in [-0.2, -0.15) is 4.98 Å². The molecule has 0 aliphatic rings. The van der Waals surface area contributed by atoms with Gasteiger partial charge in [0, 0.05) is 7.05 Å². The zero-order valence-electron chi connectivity index (χ0n) is 14.0. The number of aromatic nitrogens is 2. The lowest BCUT2D eigenvalue weighted by Gasteiger charge is -2.18. The number of ether oxygens (including phenoxy) is 1. The van der Waals surface area contributed by atoms with Crippen molar-refractivity contribution in [1.29, 1.82) is 0 Å². The van der Waals surface area contributed by atoms with Gasteiger partial charge in [0.1, 0.15) is 11.9 Å². The Balaban J connectivity index is 1.77. The summed E-state index contributed by atoms with van der Waals surface area (Å²) in [7, 11) is 1.71. The molecule has 0 bridgehead atoms. The van der Waals surface area contributed by atoms with Gasteiger partial charge in [0.05, 0.1) is 13.1 Å². The Kier molecular flexibility index (Phi) is 5.96. The average Bonchev–Trinajstić information content (AvgIpc) is 2.95. The highest BCUT2D eigenvalue weighted by atomic mass is 16.5. The van der Waals surface area contributed by atoms with E-state index in [-0.39, 0.29) is 6.10 Å². The predicted octanol–water partition coefficient (Wildman–Crippen LogP) is 1.82. The quantitative estimate of drug-likeness (QED) is 0.624. The van der Waals surface area contributed by atoms with Crippen LogP contribution in [-0.2, 0) is 6.54 Å². The Labute approximate surface area is 136 Å². The molecule has 124 valence electrons. The number of nitrogens with one attached hydrogen (secondary N) is 2. The van der Waals surface area contributed by atoms with E-state index < -0.39 is 0 Å². The fourth-order valence-electron chi connectivity index (χ4n) is 1.98. The number of rotatable bonds is 6. The van der Waals surface area contributed by atoms with Gasteiger partial charge in [-0.1, -0.05) is 23.4 Å². The normalized spacial score (nSPS) is 12.8. The largest absolute Gasteiger partial charge is 0.489 e. The second kappa shape index (κ2) is 8.17. The molecule has 7 heteroatoms. The molecule has 23 heavy (non-hydrogen) atoms. The summed E-state index contributed by atoms with van der Waals surface area (Å²) in [5, 5.41) is 10.1. The van der Waals surface area contributed by atoms with E-state index in [1.165, 1.54) is 0 Å². The fraction of sp³-hybridized carbons (Fsp3) is 0.438. The fourth-order valence-corrected chi connectivity index (χ4v) is 1.98. The van der Waals surface area contributed by atoms with Gasteiger partial charge in [-0.05, 0) is 32.4 Å². The third-order valence-corrected chi connectivity index (χ3v) is 3.18. The molecule has 1 heterocycles. The number of para-hydroxylation sites is 1. The molecule has 2 aromatic rings. The van der Waals surface area contributed by atoms with Gasteiger partial charge in [0.25, 0.3) is 0 Å². The predicted molar refractivity (Wildman–Crippen MR) is 88.5 cm³/mol. The first kappa shape index (κ1) is 16.8. The molecule has 1 atom stereocenters. The molecule has 1 aromatic carbocycles. The number of aliphatic imine (C=N–C) groups is 1. The van der Waals surface area contributed by atoms with E-state index in [9.17, 15) is 0 Å². The standard InChI is InChI=1S/C16H23N5O2/c1-11-7-5-6-8-14(11)22-12(2)9-18-16(17-4)19-10-15-20-13(3)21-23-15/h5-8,12H,9-10H2,1-4H3,(H2,17,18,19). The minimum Gasteiger partial charge on any atom is -0.489 e. The molecule has 0 radical (unpaired) electrons. The summed E-state index contributed by atoms with van der Waals surface area (Å²) in [6, 6.07) is 7.96. The van der Waals surface area contributed by atoms with Crippen molar-refractivity contribution in [2.45, 2.75) is 33.4 Å². The van der Waals surface area contributed by atoms with Crippen molar-refractivity contribution < 1.29 is 9.26 Å². The van der Waals surface area contributed by atoms with Crippen LogP contribution in [0.5, 0.6) is 5.75 Å². The molecule has 2 N–H and O–H groups in total. The van der Waals surface area contributed by atoms with Crippen molar-refractivity contribution in [3.8, 4) is 5.75 Å². The van der Waals surface area contributed by atoms with Gasteiger partial charge in [0.2, 0.25) is 5.89 Å². The number of hydrogen-bond acceptors (Lipinski definition) is 5. The van der Waals surface area contributed by atoms with E-state index in [0.717, 1.165) is 11.3 Å². The zero-order chi connectivity index (χ0) is 16.7. The molecule has 0 spiro atoms. The number of nitrogens with zero attached hydrogens (tertiary/aromatic N) is 3. The first-order valence-electron chi connectivity index (χ1n) is 7.54. The Morgan fingerprint density at radius 3 is 2.74 bits per heavy atom. The second-order valence-electron chi connectivity index (χ2n) is 5.24. The van der Waals surface area contributed by atoms with Crippen LogP contribution in [0.25, 0.3) is 0 Å². The molecule has 0 saturated heterocycles. The van der Waals surface area contributed by atoms with Crippen molar-refractivity contribution in [1.82, 2.24) is 20.8 Å². The van der Waals surface area contributed by atoms with Crippen LogP contribution >= 0.6 is 0 Å². The second-order valence-corrected chi connectivity index (χ2v) is 5.24. The number of benzene rings is 1. The molecule has 2 rings (SSSR count). The lowest BCUT2D eigenvalue weighted by molar-refractivity contribution is 0.222. The summed E-state index contributed by atoms with van der Waals surface area (Å²) in [6.07, 6.45) is 0.000277. The van der Waals surface area contributed by atoms with Gasteiger partial charge in [0.15, 0.2) is 11.8 Å². The lowest BCUT2D eigenvalue weighted by atomic mass is 10.2. The molecule has 7 nitrogen and oxygen atoms in total. The van der Waals surface area contributed by atoms with E-state index in [0.29, 0.717) is 30.8 Å². The Morgan fingerprint density at radius 2 is 2.09 bits per heavy atom. The van der Waals surface area contributed by atoms with Crippen molar-refractivity contribution in [3.63, 3.8) is 0 Å². The average molecular weight is 317 g/mol. The van der Waals surface area contributed by atoms with Gasteiger partial charge < -0.3 is 19.9 Å². The molecule has 1 unspecified atom stereocenters. The first-order valence-corrected chi connectivity index (χ1v) is 7.54. The topological polar surface area (TPSA) is 84.6 Å². The van der Waals surface area contributed by atoms with E-state index in [4.69, 9.17) is 9.26 Å². The van der Waals surface area contributed by atoms with Crippen LogP contribution < -0.4 is 15.4 Å². The summed E-state index contributed by atoms with van der Waals surface area (Å²) in [5.41, 5.74) is 1.12. The molecule has 0 amide bonds. The first-order chi connectivity index (χ1) is 11.1. The SMILES string of the molecule is CN=C(NCc1nc(C)no1)NCC(C)Oc1ccccc1C. The van der Waals surface area contributed by atoms with Gasteiger partial charge in [-0.3, -0.25) is 4.99 Å². The minimum absolute atomic E-state index is 0.000277. The number of aryl methyl sites for hydroxylation is 2. The summed E-state index contributed by atoms with van der Waals surface area (Å²) in [4.78, 5) is 8.29. The minimum atomic E-state index is 0.000277. The Morgan fingerprint density at radius 1 is 1.30 bits per heavy atom. The van der Waals surface area contributed by atoms with Gasteiger partial charge in [-0.15, -0.1) is 0 Å². The molecule has 0 aliphatic carbocycles. The lowest BCUT2D eigenvalue weighted by Crippen LogP contribution is -2.41. The highest BCUT2D eigenvalue weighted by Crippen LogP contribution is 2.17. The van der Waals surface area contributed by atoms with Crippen LogP contribution in [0.2, 0.25) is 0 Å². The van der Waals surface area contributed by atoms with Crippen molar-refractivity contribution in [2.75, 3.05) is 13.6 Å². The van der Waals surface area contributed by atoms with Crippen molar-refractivity contribution >= 4 is 5.96 Å². The zero-order valence-corrected chi connectivity index (χ0v) is 14.0. The maximum absolute atomic E-state index is 5.92. The van der Waals surface area contributed by atoms with Gasteiger partial charge >= 0.3 is 0 Å². The molecular formula is C16H23N5O2. The Bertz CT molecular complexity index is 653. The summed E-state index contributed by atoms with van der Waals surface area (Å²) < 4.78 is 11.0. The van der Waals surface area contributed by atoms with E-state index >= 15 is 0 Å². The monoisotopic (exact) mass is 317 g/mol. The maximum atomic E-state index is 5.92. The third-order valence-electron chi connectivity index (χ3n) is 3.18. The number of hydrogen-bond donors (Lipinski definition) is 2. The van der Waals surface area contributed by atoms with Crippen LogP contribution in [0.1, 0.15) is 24.2 Å². The molecule has 0 aliphatic heterocycles. The van der Waals surface area contributed by atoms with Crippen LogP contribution in [-0.4, -0.2) is 35.8 Å². The smallest absolute Gasteiger partial charge is 0.246 e. The van der Waals surface area contributed by atoms with Gasteiger partial charge in [-0.25, -0.2) is 0 Å². The summed E-state index contributed by atoms with van der Waals surface area (Å²) >= 11 is 0. The van der Waals surface area contributed by atoms with Crippen LogP contribution in [0.4, 0.5) is 0 Å². The van der Waals surface area contributed by atoms with Crippen molar-refractivity contribution in [2.24, 2.45) is 4.99 Å². The van der Waals surface area contributed by atoms with Crippen LogP contribution in [0, 0.1) is 13.8 Å². The highest BCUT2D eigenvalue weighted by Gasteiger charge is 2.08. The molecular weight excluding hydrogens is 294 g/mol. The van der Waals surface area contributed by atoms with Crippen LogP contribution in [0.3, 0.4) is 0 Å². The van der Waals surface area contributed by atoms with Crippen LogP contribution in [0.15, 0.2) is 33.8 Å². The maximum Gasteiger partial charge on any atom is 0.246 e. The summed E-state index contributed by atoms with van der Waals surface area (Å²) in [5.74, 6) is 2.69. The van der Waals surface area contributed by atoms with E-state index in [2.05, 4.69) is 25.8 Å². The van der Waals surface area contributed by atoms with E-state index in [1.807, 2.05) is 38.1 Å². The van der Waals surface area contributed by atoms with Crippen molar-refractivity contribution in [3.05, 3.63) is 41.5 Å². The summed E-state index contributed by atoms with van der Waals surface area (Å²) in [6.45, 7) is 6.87.